The molecule has 0 bridgehead atoms. The van der Waals surface area contributed by atoms with Crippen LogP contribution >= 0.6 is 0 Å². The highest BCUT2D eigenvalue weighted by molar-refractivity contribution is 5.79. The normalized spacial score (nSPS) is 11.4. The van der Waals surface area contributed by atoms with Gasteiger partial charge in [0.05, 0.1) is 4.92 Å². The van der Waals surface area contributed by atoms with Gasteiger partial charge in [-0.2, -0.15) is 0 Å². The van der Waals surface area contributed by atoms with Crippen molar-refractivity contribution in [1.82, 2.24) is 10.6 Å². The van der Waals surface area contributed by atoms with E-state index in [1.807, 2.05) is 13.8 Å². The Bertz CT molecular complexity index is 426. The summed E-state index contributed by atoms with van der Waals surface area (Å²) in [5, 5.41) is 16.8. The average Bonchev–Trinajstić information content (AvgIpc) is 2.34. The molecule has 0 atom stereocenters. The van der Waals surface area contributed by atoms with Crippen LogP contribution in [0.1, 0.15) is 19.4 Å². The van der Waals surface area contributed by atoms with Gasteiger partial charge >= 0.3 is 0 Å². The second-order valence-corrected chi connectivity index (χ2v) is 4.15. The summed E-state index contributed by atoms with van der Waals surface area (Å²) >= 11 is 0. The SMILES string of the molecule is CN=C(NCc1ccc([N+](=O)[O-])cc1)NC(C)C. The molecule has 1 aromatic carbocycles. The first kappa shape index (κ1) is 14.0. The molecule has 18 heavy (non-hydrogen) atoms. The number of nitro benzene ring substituents is 1. The minimum absolute atomic E-state index is 0.100. The van der Waals surface area contributed by atoms with E-state index in [1.165, 1.54) is 12.1 Å². The molecule has 0 aliphatic heterocycles. The van der Waals surface area contributed by atoms with Crippen molar-refractivity contribution in [1.29, 1.82) is 0 Å². The molecule has 0 amide bonds. The van der Waals surface area contributed by atoms with E-state index in [1.54, 1.807) is 19.2 Å². The number of nitrogens with one attached hydrogen (secondary N) is 2. The number of benzene rings is 1. The van der Waals surface area contributed by atoms with Crippen molar-refractivity contribution in [2.75, 3.05) is 7.05 Å². The van der Waals surface area contributed by atoms with Gasteiger partial charge in [-0.25, -0.2) is 0 Å². The topological polar surface area (TPSA) is 79.6 Å². The fraction of sp³-hybridized carbons (Fsp3) is 0.417. The molecule has 0 saturated heterocycles. The monoisotopic (exact) mass is 250 g/mol. The Morgan fingerprint density at radius 3 is 2.44 bits per heavy atom. The molecule has 6 heteroatoms. The van der Waals surface area contributed by atoms with E-state index >= 15 is 0 Å². The minimum Gasteiger partial charge on any atom is -0.354 e. The van der Waals surface area contributed by atoms with Crippen molar-refractivity contribution < 1.29 is 4.92 Å². The van der Waals surface area contributed by atoms with Crippen molar-refractivity contribution in [2.45, 2.75) is 26.4 Å². The third-order valence-corrected chi connectivity index (χ3v) is 2.26. The maximum absolute atomic E-state index is 10.5. The van der Waals surface area contributed by atoms with Gasteiger partial charge in [0.25, 0.3) is 5.69 Å². The highest BCUT2D eigenvalue weighted by Crippen LogP contribution is 2.11. The first-order chi connectivity index (χ1) is 8.52. The standard InChI is InChI=1S/C12H18N4O2/c1-9(2)15-12(13-3)14-8-10-4-6-11(7-5-10)16(17)18/h4-7,9H,8H2,1-3H3,(H2,13,14,15). The Kier molecular flexibility index (Phi) is 5.10. The van der Waals surface area contributed by atoms with Crippen LogP contribution in [0.15, 0.2) is 29.3 Å². The van der Waals surface area contributed by atoms with Gasteiger partial charge in [-0.1, -0.05) is 12.1 Å². The van der Waals surface area contributed by atoms with Gasteiger partial charge < -0.3 is 10.6 Å². The van der Waals surface area contributed by atoms with Crippen molar-refractivity contribution >= 4 is 11.6 Å². The maximum atomic E-state index is 10.5. The van der Waals surface area contributed by atoms with E-state index in [0.29, 0.717) is 18.5 Å². The second kappa shape index (κ2) is 6.58. The van der Waals surface area contributed by atoms with Crippen LogP contribution in [0, 0.1) is 10.1 Å². The van der Waals surface area contributed by atoms with Crippen LogP contribution in [0.25, 0.3) is 0 Å². The Morgan fingerprint density at radius 1 is 1.39 bits per heavy atom. The first-order valence-electron chi connectivity index (χ1n) is 5.73. The fourth-order valence-corrected chi connectivity index (χ4v) is 1.39. The second-order valence-electron chi connectivity index (χ2n) is 4.15. The van der Waals surface area contributed by atoms with E-state index in [0.717, 1.165) is 5.56 Å². The zero-order valence-electron chi connectivity index (χ0n) is 10.8. The van der Waals surface area contributed by atoms with E-state index in [-0.39, 0.29) is 5.69 Å². The number of non-ortho nitro benzene ring substituents is 1. The Balaban J connectivity index is 2.55. The summed E-state index contributed by atoms with van der Waals surface area (Å²) in [5.41, 5.74) is 1.07. The molecular weight excluding hydrogens is 232 g/mol. The molecule has 0 aliphatic rings. The van der Waals surface area contributed by atoms with Gasteiger partial charge in [-0.15, -0.1) is 0 Å². The van der Waals surface area contributed by atoms with E-state index in [2.05, 4.69) is 15.6 Å². The summed E-state index contributed by atoms with van der Waals surface area (Å²) in [6.45, 7) is 4.63. The minimum atomic E-state index is -0.406. The zero-order valence-corrected chi connectivity index (χ0v) is 10.8. The molecule has 0 heterocycles. The predicted octanol–water partition coefficient (Wildman–Crippen LogP) is 1.67. The summed E-state index contributed by atoms with van der Waals surface area (Å²) in [6, 6.07) is 6.75. The van der Waals surface area contributed by atoms with E-state index in [4.69, 9.17) is 0 Å². The van der Waals surface area contributed by atoms with Crippen LogP contribution in [-0.4, -0.2) is 24.0 Å². The first-order valence-corrected chi connectivity index (χ1v) is 5.73. The molecule has 0 saturated carbocycles. The lowest BCUT2D eigenvalue weighted by Gasteiger charge is -2.14. The maximum Gasteiger partial charge on any atom is 0.269 e. The van der Waals surface area contributed by atoms with Crippen molar-refractivity contribution in [2.24, 2.45) is 4.99 Å². The Hall–Kier alpha value is -2.11. The molecule has 0 radical (unpaired) electrons. The number of hydrogen-bond acceptors (Lipinski definition) is 3. The number of rotatable bonds is 4. The largest absolute Gasteiger partial charge is 0.354 e. The van der Waals surface area contributed by atoms with Crippen LogP contribution in [0.5, 0.6) is 0 Å². The van der Waals surface area contributed by atoms with Crippen LogP contribution in [0.3, 0.4) is 0 Å². The van der Waals surface area contributed by atoms with Gasteiger partial charge in [0.15, 0.2) is 5.96 Å². The third-order valence-electron chi connectivity index (χ3n) is 2.26. The van der Waals surface area contributed by atoms with Gasteiger partial charge in [0.1, 0.15) is 0 Å². The molecule has 0 unspecified atom stereocenters. The molecule has 98 valence electrons. The van der Waals surface area contributed by atoms with Gasteiger partial charge in [-0.3, -0.25) is 15.1 Å². The van der Waals surface area contributed by atoms with Gasteiger partial charge in [0, 0.05) is 31.8 Å². The molecule has 0 spiro atoms. The Labute approximate surface area is 106 Å². The molecular formula is C12H18N4O2. The van der Waals surface area contributed by atoms with Crippen molar-refractivity contribution in [3.05, 3.63) is 39.9 Å². The molecule has 6 nitrogen and oxygen atoms in total. The summed E-state index contributed by atoms with van der Waals surface area (Å²) in [5.74, 6) is 0.711. The van der Waals surface area contributed by atoms with E-state index in [9.17, 15) is 10.1 Å². The third kappa shape index (κ3) is 4.40. The smallest absolute Gasteiger partial charge is 0.269 e. The highest BCUT2D eigenvalue weighted by Gasteiger charge is 2.04. The summed E-state index contributed by atoms with van der Waals surface area (Å²) < 4.78 is 0. The van der Waals surface area contributed by atoms with Gasteiger partial charge in [0.2, 0.25) is 0 Å². The summed E-state index contributed by atoms with van der Waals surface area (Å²) in [4.78, 5) is 14.2. The van der Waals surface area contributed by atoms with Crippen molar-refractivity contribution in [3.63, 3.8) is 0 Å². The molecule has 0 aromatic heterocycles. The molecule has 0 aliphatic carbocycles. The summed E-state index contributed by atoms with van der Waals surface area (Å²) in [7, 11) is 1.70. The van der Waals surface area contributed by atoms with Gasteiger partial charge in [-0.05, 0) is 19.4 Å². The number of hydrogen-bond donors (Lipinski definition) is 2. The molecule has 0 fully saturated rings. The highest BCUT2D eigenvalue weighted by atomic mass is 16.6. The quantitative estimate of drug-likeness (QED) is 0.369. The average molecular weight is 250 g/mol. The number of aliphatic imine (C=N–C) groups is 1. The number of nitro groups is 1. The van der Waals surface area contributed by atoms with Crippen LogP contribution in [0.4, 0.5) is 5.69 Å². The summed E-state index contributed by atoms with van der Waals surface area (Å²) in [6.07, 6.45) is 0. The Morgan fingerprint density at radius 2 is 2.00 bits per heavy atom. The van der Waals surface area contributed by atoms with Crippen LogP contribution in [-0.2, 0) is 6.54 Å². The van der Waals surface area contributed by atoms with Crippen LogP contribution in [0.2, 0.25) is 0 Å². The lowest BCUT2D eigenvalue weighted by atomic mass is 10.2. The predicted molar refractivity (Wildman–Crippen MR) is 71.6 cm³/mol. The van der Waals surface area contributed by atoms with E-state index < -0.39 is 4.92 Å². The lowest BCUT2D eigenvalue weighted by Crippen LogP contribution is -2.40. The molecule has 1 aromatic rings. The fourth-order valence-electron chi connectivity index (χ4n) is 1.39. The van der Waals surface area contributed by atoms with Crippen LogP contribution < -0.4 is 10.6 Å². The lowest BCUT2D eigenvalue weighted by molar-refractivity contribution is -0.384. The molecule has 2 N–H and O–H groups in total. The number of guanidine groups is 1. The van der Waals surface area contributed by atoms with Crippen molar-refractivity contribution in [3.8, 4) is 0 Å². The number of nitrogens with zero attached hydrogens (tertiary/aromatic N) is 2. The zero-order chi connectivity index (χ0) is 13.5. The molecule has 1 rings (SSSR count).